The third kappa shape index (κ3) is 1.85. The first kappa shape index (κ1) is 10.5. The molecule has 0 radical (unpaired) electrons. The van der Waals surface area contributed by atoms with Gasteiger partial charge in [0, 0.05) is 18.7 Å². The van der Waals surface area contributed by atoms with Crippen LogP contribution in [0.4, 0.5) is 4.39 Å². The zero-order chi connectivity index (χ0) is 11.8. The van der Waals surface area contributed by atoms with E-state index >= 15 is 0 Å². The van der Waals surface area contributed by atoms with Gasteiger partial charge in [-0.1, -0.05) is 12.1 Å². The quantitative estimate of drug-likeness (QED) is 0.789. The van der Waals surface area contributed by atoms with Gasteiger partial charge in [0.15, 0.2) is 0 Å². The molecule has 17 heavy (non-hydrogen) atoms. The van der Waals surface area contributed by atoms with Gasteiger partial charge in [-0.15, -0.1) is 0 Å². The number of aryl methyl sites for hydroxylation is 1. The first-order chi connectivity index (χ1) is 8.24. The molecule has 88 valence electrons. The highest BCUT2D eigenvalue weighted by molar-refractivity contribution is 5.33. The summed E-state index contributed by atoms with van der Waals surface area (Å²) in [5, 5.41) is 3.38. The molecule has 1 aromatic carbocycles. The molecule has 0 bridgehead atoms. The average molecular weight is 231 g/mol. The van der Waals surface area contributed by atoms with Gasteiger partial charge in [-0.2, -0.15) is 0 Å². The number of fused-ring (bicyclic) bond motifs is 1. The van der Waals surface area contributed by atoms with E-state index < -0.39 is 0 Å². The summed E-state index contributed by atoms with van der Waals surface area (Å²) in [6.45, 7) is 2.83. The van der Waals surface area contributed by atoms with E-state index in [0.717, 1.165) is 35.7 Å². The molecule has 2 N–H and O–H groups in total. The summed E-state index contributed by atoms with van der Waals surface area (Å²) < 4.78 is 13.2. The highest BCUT2D eigenvalue weighted by atomic mass is 19.1. The van der Waals surface area contributed by atoms with Crippen LogP contribution < -0.4 is 5.32 Å². The van der Waals surface area contributed by atoms with Crippen molar-refractivity contribution in [3.63, 3.8) is 0 Å². The summed E-state index contributed by atoms with van der Waals surface area (Å²) in [4.78, 5) is 7.76. The number of aromatic amines is 1. The number of rotatable bonds is 1. The van der Waals surface area contributed by atoms with Crippen LogP contribution in [0.3, 0.4) is 0 Å². The topological polar surface area (TPSA) is 40.7 Å². The Hall–Kier alpha value is -1.68. The molecule has 0 aliphatic carbocycles. The van der Waals surface area contributed by atoms with E-state index in [-0.39, 0.29) is 11.9 Å². The molecule has 0 amide bonds. The molecule has 0 fully saturated rings. The second-order valence-electron chi connectivity index (χ2n) is 4.38. The van der Waals surface area contributed by atoms with Gasteiger partial charge in [0.25, 0.3) is 0 Å². The molecule has 0 saturated heterocycles. The number of benzene rings is 1. The van der Waals surface area contributed by atoms with Crippen molar-refractivity contribution in [3.05, 3.63) is 52.9 Å². The maximum Gasteiger partial charge on any atom is 0.123 e. The van der Waals surface area contributed by atoms with Gasteiger partial charge in [0.2, 0.25) is 0 Å². The van der Waals surface area contributed by atoms with Crippen molar-refractivity contribution in [2.75, 3.05) is 6.54 Å². The largest absolute Gasteiger partial charge is 0.346 e. The van der Waals surface area contributed by atoms with Crippen molar-refractivity contribution in [1.29, 1.82) is 0 Å². The number of H-pyrrole nitrogens is 1. The Morgan fingerprint density at radius 2 is 2.29 bits per heavy atom. The number of hydrogen-bond donors (Lipinski definition) is 2. The van der Waals surface area contributed by atoms with Crippen molar-refractivity contribution in [2.24, 2.45) is 0 Å². The Morgan fingerprint density at radius 3 is 3.12 bits per heavy atom. The smallest absolute Gasteiger partial charge is 0.123 e. The van der Waals surface area contributed by atoms with E-state index in [2.05, 4.69) is 15.3 Å². The van der Waals surface area contributed by atoms with Crippen LogP contribution in [-0.4, -0.2) is 16.5 Å². The van der Waals surface area contributed by atoms with Gasteiger partial charge >= 0.3 is 0 Å². The number of hydrogen-bond acceptors (Lipinski definition) is 2. The third-order valence-electron chi connectivity index (χ3n) is 3.11. The van der Waals surface area contributed by atoms with Crippen LogP contribution in [0.5, 0.6) is 0 Å². The summed E-state index contributed by atoms with van der Waals surface area (Å²) in [6.07, 6.45) is 0.946. The Morgan fingerprint density at radius 1 is 1.41 bits per heavy atom. The highest BCUT2D eigenvalue weighted by Crippen LogP contribution is 2.27. The van der Waals surface area contributed by atoms with Gasteiger partial charge in [0.05, 0.1) is 11.7 Å². The lowest BCUT2D eigenvalue weighted by Crippen LogP contribution is -2.30. The molecule has 2 heterocycles. The van der Waals surface area contributed by atoms with Crippen LogP contribution in [0, 0.1) is 12.7 Å². The van der Waals surface area contributed by atoms with E-state index in [1.165, 1.54) is 6.07 Å². The first-order valence-corrected chi connectivity index (χ1v) is 5.78. The third-order valence-corrected chi connectivity index (χ3v) is 3.11. The van der Waals surface area contributed by atoms with Crippen LogP contribution in [0.1, 0.15) is 28.8 Å². The van der Waals surface area contributed by atoms with E-state index in [4.69, 9.17) is 0 Å². The summed E-state index contributed by atoms with van der Waals surface area (Å²) >= 11 is 0. The highest BCUT2D eigenvalue weighted by Gasteiger charge is 2.24. The Kier molecular flexibility index (Phi) is 2.44. The minimum atomic E-state index is -0.205. The standard InChI is InChI=1S/C13H14FN3/c1-8-16-11-5-6-15-12(13(11)17-8)9-3-2-4-10(14)7-9/h2-4,7,12,15H,5-6H2,1H3,(H,16,17). The Bertz CT molecular complexity index is 547. The summed E-state index contributed by atoms with van der Waals surface area (Å²) in [5.41, 5.74) is 3.09. The van der Waals surface area contributed by atoms with Gasteiger partial charge in [-0.3, -0.25) is 0 Å². The number of imidazole rings is 1. The van der Waals surface area contributed by atoms with Crippen molar-refractivity contribution in [2.45, 2.75) is 19.4 Å². The van der Waals surface area contributed by atoms with Crippen molar-refractivity contribution < 1.29 is 4.39 Å². The van der Waals surface area contributed by atoms with Crippen LogP contribution in [0.2, 0.25) is 0 Å². The molecular weight excluding hydrogens is 217 g/mol. The molecule has 3 nitrogen and oxygen atoms in total. The van der Waals surface area contributed by atoms with E-state index in [0.29, 0.717) is 0 Å². The molecule has 1 aromatic heterocycles. The van der Waals surface area contributed by atoms with E-state index in [1.807, 2.05) is 13.0 Å². The van der Waals surface area contributed by atoms with Crippen LogP contribution in [0.15, 0.2) is 24.3 Å². The number of aromatic nitrogens is 2. The van der Waals surface area contributed by atoms with Gasteiger partial charge in [0.1, 0.15) is 11.6 Å². The zero-order valence-electron chi connectivity index (χ0n) is 9.63. The summed E-state index contributed by atoms with van der Waals surface area (Å²) in [7, 11) is 0. The normalized spacial score (nSPS) is 19.1. The lowest BCUT2D eigenvalue weighted by Gasteiger charge is -2.23. The summed E-state index contributed by atoms with van der Waals surface area (Å²) in [5.74, 6) is 0.712. The maximum atomic E-state index is 13.2. The molecule has 0 saturated carbocycles. The molecule has 0 spiro atoms. The second kappa shape index (κ2) is 3.96. The number of nitrogens with one attached hydrogen (secondary N) is 2. The number of nitrogens with zero attached hydrogens (tertiary/aromatic N) is 1. The fraction of sp³-hybridized carbons (Fsp3) is 0.308. The molecule has 4 heteroatoms. The molecule has 3 rings (SSSR count). The van der Waals surface area contributed by atoms with Crippen molar-refractivity contribution in [3.8, 4) is 0 Å². The van der Waals surface area contributed by atoms with E-state index in [1.54, 1.807) is 12.1 Å². The van der Waals surface area contributed by atoms with Gasteiger partial charge in [-0.05, 0) is 24.6 Å². The predicted octanol–water partition coefficient (Wildman–Crippen LogP) is 2.09. The van der Waals surface area contributed by atoms with Crippen molar-refractivity contribution in [1.82, 2.24) is 15.3 Å². The van der Waals surface area contributed by atoms with Crippen LogP contribution in [-0.2, 0) is 6.42 Å². The number of halogens is 1. The SMILES string of the molecule is Cc1nc2c([nH]1)CCNC2c1cccc(F)c1. The molecule has 1 aliphatic rings. The molecule has 1 atom stereocenters. The molecular formula is C13H14FN3. The van der Waals surface area contributed by atoms with Gasteiger partial charge < -0.3 is 10.3 Å². The molecule has 2 aromatic rings. The summed E-state index contributed by atoms with van der Waals surface area (Å²) in [6, 6.07) is 6.69. The Labute approximate surface area is 99.1 Å². The fourth-order valence-corrected chi connectivity index (χ4v) is 2.39. The minimum Gasteiger partial charge on any atom is -0.346 e. The monoisotopic (exact) mass is 231 g/mol. The van der Waals surface area contributed by atoms with Crippen LogP contribution >= 0.6 is 0 Å². The lowest BCUT2D eigenvalue weighted by atomic mass is 9.98. The Balaban J connectivity index is 2.05. The van der Waals surface area contributed by atoms with Crippen molar-refractivity contribution >= 4 is 0 Å². The lowest BCUT2D eigenvalue weighted by molar-refractivity contribution is 0.547. The predicted molar refractivity (Wildman–Crippen MR) is 63.3 cm³/mol. The minimum absolute atomic E-state index is 0.000556. The van der Waals surface area contributed by atoms with Gasteiger partial charge in [-0.25, -0.2) is 9.37 Å². The molecule has 1 aliphatic heterocycles. The maximum absolute atomic E-state index is 13.2. The van der Waals surface area contributed by atoms with E-state index in [9.17, 15) is 4.39 Å². The zero-order valence-corrected chi connectivity index (χ0v) is 9.63. The van der Waals surface area contributed by atoms with Crippen LogP contribution in [0.25, 0.3) is 0 Å². The average Bonchev–Trinajstić information content (AvgIpc) is 2.68. The second-order valence-corrected chi connectivity index (χ2v) is 4.38. The first-order valence-electron chi connectivity index (χ1n) is 5.78. The fourth-order valence-electron chi connectivity index (χ4n) is 2.39. The molecule has 1 unspecified atom stereocenters.